The second kappa shape index (κ2) is 7.29. The molecular formula is C16H18N6O4S. The van der Waals surface area contributed by atoms with E-state index in [4.69, 9.17) is 4.52 Å². The van der Waals surface area contributed by atoms with Crippen LogP contribution in [0, 0.1) is 0 Å². The van der Waals surface area contributed by atoms with Gasteiger partial charge in [0.1, 0.15) is 0 Å². The Morgan fingerprint density at radius 3 is 2.56 bits per heavy atom. The zero-order valence-electron chi connectivity index (χ0n) is 14.9. The minimum atomic E-state index is -3.53. The molecule has 10 nitrogen and oxygen atoms in total. The van der Waals surface area contributed by atoms with Crippen molar-refractivity contribution in [3.8, 4) is 11.4 Å². The van der Waals surface area contributed by atoms with Crippen molar-refractivity contribution in [1.29, 1.82) is 0 Å². The van der Waals surface area contributed by atoms with Gasteiger partial charge >= 0.3 is 0 Å². The number of sulfonamides is 1. The van der Waals surface area contributed by atoms with Crippen LogP contribution >= 0.6 is 0 Å². The number of aryl methyl sites for hydroxylation is 1. The number of aromatic nitrogens is 4. The molecule has 1 aromatic carbocycles. The first-order valence-electron chi connectivity index (χ1n) is 7.90. The zero-order valence-corrected chi connectivity index (χ0v) is 15.8. The summed E-state index contributed by atoms with van der Waals surface area (Å²) in [4.78, 5) is 16.5. The van der Waals surface area contributed by atoms with E-state index in [1.165, 1.54) is 38.4 Å². The highest BCUT2D eigenvalue weighted by atomic mass is 32.2. The van der Waals surface area contributed by atoms with Gasteiger partial charge in [-0.25, -0.2) is 12.7 Å². The summed E-state index contributed by atoms with van der Waals surface area (Å²) in [7, 11) is 1.13. The van der Waals surface area contributed by atoms with E-state index in [9.17, 15) is 13.2 Å². The molecule has 27 heavy (non-hydrogen) atoms. The van der Waals surface area contributed by atoms with Crippen molar-refractivity contribution in [2.45, 2.75) is 11.4 Å². The van der Waals surface area contributed by atoms with Crippen LogP contribution in [-0.2, 0) is 23.6 Å². The molecule has 11 heteroatoms. The minimum absolute atomic E-state index is 0.0455. The number of amides is 1. The summed E-state index contributed by atoms with van der Waals surface area (Å²) in [6.45, 7) is 0.0455. The Morgan fingerprint density at radius 1 is 1.26 bits per heavy atom. The predicted molar refractivity (Wildman–Crippen MR) is 95.0 cm³/mol. The zero-order chi connectivity index (χ0) is 19.6. The molecule has 0 bridgehead atoms. The summed E-state index contributed by atoms with van der Waals surface area (Å²) in [6.07, 6.45) is 3.35. The molecule has 142 valence electrons. The van der Waals surface area contributed by atoms with Crippen LogP contribution in [0.25, 0.3) is 11.4 Å². The first-order chi connectivity index (χ1) is 12.8. The second-order valence-corrected chi connectivity index (χ2v) is 8.06. The van der Waals surface area contributed by atoms with Gasteiger partial charge in [-0.2, -0.15) is 10.1 Å². The lowest BCUT2D eigenvalue weighted by molar-refractivity contribution is 0.0946. The van der Waals surface area contributed by atoms with Crippen LogP contribution in [0.3, 0.4) is 0 Å². The van der Waals surface area contributed by atoms with E-state index in [2.05, 4.69) is 20.6 Å². The van der Waals surface area contributed by atoms with Crippen molar-refractivity contribution >= 4 is 15.9 Å². The fourth-order valence-electron chi connectivity index (χ4n) is 2.23. The molecule has 3 rings (SSSR count). The average Bonchev–Trinajstić information content (AvgIpc) is 3.28. The number of carbonyl (C=O) groups excluding carboxylic acids is 1. The SMILES string of the molecule is CN(C)S(=O)(=O)c1ccc(C(=O)NCc2nc(-c3cnn(C)c3)no2)cc1. The van der Waals surface area contributed by atoms with E-state index in [1.54, 1.807) is 24.1 Å². The Hall–Kier alpha value is -3.05. The molecule has 2 heterocycles. The molecule has 0 atom stereocenters. The normalized spacial score (nSPS) is 11.7. The maximum Gasteiger partial charge on any atom is 0.251 e. The van der Waals surface area contributed by atoms with E-state index in [1.807, 2.05) is 0 Å². The molecule has 0 spiro atoms. The first-order valence-corrected chi connectivity index (χ1v) is 9.34. The van der Waals surface area contributed by atoms with Crippen LogP contribution in [-0.4, -0.2) is 52.6 Å². The van der Waals surface area contributed by atoms with Crippen LogP contribution in [0.2, 0.25) is 0 Å². The molecule has 3 aromatic rings. The van der Waals surface area contributed by atoms with Gasteiger partial charge in [0.05, 0.1) is 23.2 Å². The lowest BCUT2D eigenvalue weighted by atomic mass is 10.2. The predicted octanol–water partition coefficient (Wildman–Crippen LogP) is 0.650. The lowest BCUT2D eigenvalue weighted by Gasteiger charge is -2.11. The minimum Gasteiger partial charge on any atom is -0.343 e. The Morgan fingerprint density at radius 2 is 1.96 bits per heavy atom. The quantitative estimate of drug-likeness (QED) is 0.655. The molecule has 0 aliphatic rings. The number of nitrogens with one attached hydrogen (secondary N) is 1. The number of hydrogen-bond acceptors (Lipinski definition) is 7. The Labute approximate surface area is 155 Å². The monoisotopic (exact) mass is 390 g/mol. The van der Waals surface area contributed by atoms with Gasteiger partial charge in [0.25, 0.3) is 5.91 Å². The van der Waals surface area contributed by atoms with Crippen molar-refractivity contribution in [2.24, 2.45) is 7.05 Å². The molecule has 1 N–H and O–H groups in total. The summed E-state index contributed by atoms with van der Waals surface area (Å²) >= 11 is 0. The van der Waals surface area contributed by atoms with Crippen LogP contribution in [0.1, 0.15) is 16.2 Å². The Balaban J connectivity index is 1.64. The fraction of sp³-hybridized carbons (Fsp3) is 0.250. The third kappa shape index (κ3) is 4.04. The van der Waals surface area contributed by atoms with E-state index >= 15 is 0 Å². The van der Waals surface area contributed by atoms with E-state index < -0.39 is 10.0 Å². The van der Waals surface area contributed by atoms with Crippen LogP contribution in [0.5, 0.6) is 0 Å². The third-order valence-corrected chi connectivity index (χ3v) is 5.56. The second-order valence-electron chi connectivity index (χ2n) is 5.91. The number of carbonyl (C=O) groups is 1. The van der Waals surface area contributed by atoms with Gasteiger partial charge in [0, 0.05) is 32.9 Å². The average molecular weight is 390 g/mol. The van der Waals surface area contributed by atoms with Crippen LogP contribution < -0.4 is 5.32 Å². The summed E-state index contributed by atoms with van der Waals surface area (Å²) in [5.41, 5.74) is 1.02. The van der Waals surface area contributed by atoms with Gasteiger partial charge in [-0.15, -0.1) is 0 Å². The van der Waals surface area contributed by atoms with Gasteiger partial charge in [-0.1, -0.05) is 5.16 Å². The summed E-state index contributed by atoms with van der Waals surface area (Å²) < 4.78 is 31.9. The Kier molecular flexibility index (Phi) is 5.06. The number of hydrogen-bond donors (Lipinski definition) is 1. The van der Waals surface area contributed by atoms with Gasteiger partial charge in [-0.05, 0) is 24.3 Å². The number of benzene rings is 1. The largest absolute Gasteiger partial charge is 0.343 e. The number of rotatable bonds is 6. The molecule has 0 saturated carbocycles. The molecule has 0 aliphatic carbocycles. The number of nitrogens with zero attached hydrogens (tertiary/aromatic N) is 5. The van der Waals surface area contributed by atoms with Gasteiger partial charge in [0.2, 0.25) is 21.7 Å². The van der Waals surface area contributed by atoms with Gasteiger partial charge in [0.15, 0.2) is 0 Å². The molecule has 0 fully saturated rings. The summed E-state index contributed by atoms with van der Waals surface area (Å²) in [6, 6.07) is 5.66. The fourth-order valence-corrected chi connectivity index (χ4v) is 3.13. The van der Waals surface area contributed by atoms with Crippen molar-refractivity contribution in [3.05, 3.63) is 48.1 Å². The molecule has 0 saturated heterocycles. The molecule has 2 aromatic heterocycles. The van der Waals surface area contributed by atoms with E-state index in [0.29, 0.717) is 17.0 Å². The van der Waals surface area contributed by atoms with Crippen molar-refractivity contribution in [2.75, 3.05) is 14.1 Å². The van der Waals surface area contributed by atoms with Crippen LogP contribution in [0.15, 0.2) is 46.1 Å². The lowest BCUT2D eigenvalue weighted by Crippen LogP contribution is -2.24. The van der Waals surface area contributed by atoms with Crippen molar-refractivity contribution in [3.63, 3.8) is 0 Å². The molecule has 0 aliphatic heterocycles. The molecule has 0 unspecified atom stereocenters. The third-order valence-electron chi connectivity index (χ3n) is 3.73. The van der Waals surface area contributed by atoms with Gasteiger partial charge < -0.3 is 9.84 Å². The maximum absolute atomic E-state index is 12.2. The highest BCUT2D eigenvalue weighted by Crippen LogP contribution is 2.15. The first kappa shape index (κ1) is 18.7. The van der Waals surface area contributed by atoms with Crippen LogP contribution in [0.4, 0.5) is 0 Å². The van der Waals surface area contributed by atoms with Gasteiger partial charge in [-0.3, -0.25) is 9.48 Å². The highest BCUT2D eigenvalue weighted by Gasteiger charge is 2.18. The summed E-state index contributed by atoms with van der Waals surface area (Å²) in [5.74, 6) is 0.240. The summed E-state index contributed by atoms with van der Waals surface area (Å²) in [5, 5.41) is 10.5. The Bertz CT molecular complexity index is 1050. The molecule has 0 radical (unpaired) electrons. The highest BCUT2D eigenvalue weighted by molar-refractivity contribution is 7.89. The smallest absolute Gasteiger partial charge is 0.251 e. The van der Waals surface area contributed by atoms with Crippen molar-refractivity contribution in [1.82, 2.24) is 29.5 Å². The van der Waals surface area contributed by atoms with E-state index in [-0.39, 0.29) is 23.2 Å². The molecular weight excluding hydrogens is 372 g/mol. The van der Waals surface area contributed by atoms with Crippen molar-refractivity contribution < 1.29 is 17.7 Å². The topological polar surface area (TPSA) is 123 Å². The standard InChI is InChI=1S/C16H18N6O4S/c1-21(2)27(24,25)13-6-4-11(5-7-13)16(23)17-9-14-19-15(20-26-14)12-8-18-22(3)10-12/h4-8,10H,9H2,1-3H3,(H,17,23). The van der Waals surface area contributed by atoms with E-state index in [0.717, 1.165) is 4.31 Å². The molecule has 1 amide bonds. The maximum atomic E-state index is 12.2.